The summed E-state index contributed by atoms with van der Waals surface area (Å²) >= 11 is 0. The SMILES string of the molecule is O=C(c1ccc(N2CCCO2)nc1)N1CCC(CCc2ccccc2)CC1. The molecular formula is C22H27N3O2. The Labute approximate surface area is 160 Å². The van der Waals surface area contributed by atoms with Crippen LogP contribution in [0.5, 0.6) is 0 Å². The van der Waals surface area contributed by atoms with Crippen LogP contribution >= 0.6 is 0 Å². The third-order valence-electron chi connectivity index (χ3n) is 5.59. The standard InChI is InChI=1S/C22H27N3O2/c26-22(20-9-10-21(23-17-20)25-13-4-16-27-25)24-14-11-19(12-15-24)8-7-18-5-2-1-3-6-18/h1-3,5-6,9-10,17,19H,4,7-8,11-16H2. The molecule has 0 atom stereocenters. The lowest BCUT2D eigenvalue weighted by Crippen LogP contribution is -2.38. The van der Waals surface area contributed by atoms with Gasteiger partial charge in [-0.05, 0) is 55.7 Å². The van der Waals surface area contributed by atoms with Crippen molar-refractivity contribution < 1.29 is 9.63 Å². The first kappa shape index (κ1) is 18.0. The van der Waals surface area contributed by atoms with Gasteiger partial charge in [0.2, 0.25) is 0 Å². The normalized spacial score (nSPS) is 18.1. The second-order valence-corrected chi connectivity index (χ2v) is 7.45. The number of nitrogens with zero attached hydrogens (tertiary/aromatic N) is 3. The average molecular weight is 365 g/mol. The number of aromatic nitrogens is 1. The van der Waals surface area contributed by atoms with Crippen molar-refractivity contribution in [3.8, 4) is 0 Å². The van der Waals surface area contributed by atoms with Crippen LogP contribution in [0.1, 0.15) is 41.6 Å². The Kier molecular flexibility index (Phi) is 5.68. The van der Waals surface area contributed by atoms with E-state index in [0.717, 1.165) is 57.7 Å². The van der Waals surface area contributed by atoms with Crippen LogP contribution in [0.3, 0.4) is 0 Å². The summed E-state index contributed by atoms with van der Waals surface area (Å²) in [5.74, 6) is 1.59. The van der Waals surface area contributed by atoms with E-state index in [4.69, 9.17) is 4.84 Å². The van der Waals surface area contributed by atoms with Gasteiger partial charge in [0.1, 0.15) is 0 Å². The highest BCUT2D eigenvalue weighted by Crippen LogP contribution is 2.24. The van der Waals surface area contributed by atoms with Crippen LogP contribution in [0.4, 0.5) is 5.82 Å². The van der Waals surface area contributed by atoms with E-state index in [2.05, 4.69) is 35.3 Å². The Balaban J connectivity index is 1.27. The first-order valence-electron chi connectivity index (χ1n) is 9.99. The average Bonchev–Trinajstić information content (AvgIpc) is 3.28. The molecule has 2 saturated heterocycles. The molecule has 5 heteroatoms. The first-order valence-corrected chi connectivity index (χ1v) is 9.99. The lowest BCUT2D eigenvalue weighted by atomic mass is 9.90. The third kappa shape index (κ3) is 4.48. The highest BCUT2D eigenvalue weighted by molar-refractivity contribution is 5.94. The summed E-state index contributed by atoms with van der Waals surface area (Å²) in [6.07, 6.45) is 7.21. The van der Waals surface area contributed by atoms with Crippen molar-refractivity contribution in [2.75, 3.05) is 31.3 Å². The molecule has 0 N–H and O–H groups in total. The van der Waals surface area contributed by atoms with Gasteiger partial charge in [0.25, 0.3) is 5.91 Å². The number of hydrogen-bond donors (Lipinski definition) is 0. The van der Waals surface area contributed by atoms with Gasteiger partial charge in [-0.3, -0.25) is 9.63 Å². The maximum Gasteiger partial charge on any atom is 0.255 e. The summed E-state index contributed by atoms with van der Waals surface area (Å²) < 4.78 is 0. The molecule has 3 heterocycles. The lowest BCUT2D eigenvalue weighted by Gasteiger charge is -2.32. The first-order chi connectivity index (χ1) is 13.3. The maximum atomic E-state index is 12.8. The Hall–Kier alpha value is -2.40. The van der Waals surface area contributed by atoms with E-state index in [1.807, 2.05) is 17.0 Å². The lowest BCUT2D eigenvalue weighted by molar-refractivity contribution is 0.0686. The number of rotatable bonds is 5. The summed E-state index contributed by atoms with van der Waals surface area (Å²) in [6, 6.07) is 14.4. The number of anilines is 1. The minimum atomic E-state index is 0.0953. The predicted molar refractivity (Wildman–Crippen MR) is 106 cm³/mol. The molecule has 1 aromatic carbocycles. The fourth-order valence-corrected chi connectivity index (χ4v) is 3.91. The van der Waals surface area contributed by atoms with Crippen LogP contribution in [-0.2, 0) is 11.3 Å². The molecule has 0 unspecified atom stereocenters. The van der Waals surface area contributed by atoms with Gasteiger partial charge in [-0.25, -0.2) is 10.0 Å². The van der Waals surface area contributed by atoms with Gasteiger partial charge >= 0.3 is 0 Å². The fraction of sp³-hybridized carbons (Fsp3) is 0.455. The van der Waals surface area contributed by atoms with E-state index in [-0.39, 0.29) is 5.91 Å². The summed E-state index contributed by atoms with van der Waals surface area (Å²) in [5, 5.41) is 1.80. The fourth-order valence-electron chi connectivity index (χ4n) is 3.91. The van der Waals surface area contributed by atoms with Crippen molar-refractivity contribution in [2.45, 2.75) is 32.1 Å². The number of carbonyl (C=O) groups is 1. The zero-order valence-corrected chi connectivity index (χ0v) is 15.7. The van der Waals surface area contributed by atoms with Gasteiger partial charge in [0, 0.05) is 25.8 Å². The predicted octanol–water partition coefficient (Wildman–Crippen LogP) is 3.71. The molecule has 5 nitrogen and oxygen atoms in total. The van der Waals surface area contributed by atoms with Gasteiger partial charge in [0.05, 0.1) is 12.2 Å². The molecule has 1 amide bonds. The Morgan fingerprint density at radius 2 is 1.89 bits per heavy atom. The highest BCUT2D eigenvalue weighted by Gasteiger charge is 2.24. The van der Waals surface area contributed by atoms with Crippen molar-refractivity contribution in [2.24, 2.45) is 5.92 Å². The number of aryl methyl sites for hydroxylation is 1. The monoisotopic (exact) mass is 365 g/mol. The molecule has 1 aromatic heterocycles. The Morgan fingerprint density at radius 1 is 1.07 bits per heavy atom. The molecular weight excluding hydrogens is 338 g/mol. The summed E-state index contributed by atoms with van der Waals surface area (Å²) in [5.41, 5.74) is 2.07. The van der Waals surface area contributed by atoms with E-state index < -0.39 is 0 Å². The minimum absolute atomic E-state index is 0.0953. The number of hydroxylamine groups is 1. The largest absolute Gasteiger partial charge is 0.339 e. The summed E-state index contributed by atoms with van der Waals surface area (Å²) in [4.78, 5) is 24.6. The van der Waals surface area contributed by atoms with Crippen molar-refractivity contribution in [1.82, 2.24) is 9.88 Å². The zero-order valence-electron chi connectivity index (χ0n) is 15.7. The van der Waals surface area contributed by atoms with Crippen LogP contribution in [-0.4, -0.2) is 42.0 Å². The molecule has 4 rings (SSSR count). The quantitative estimate of drug-likeness (QED) is 0.810. The van der Waals surface area contributed by atoms with Crippen LogP contribution in [0.15, 0.2) is 48.7 Å². The molecule has 0 spiro atoms. The second kappa shape index (κ2) is 8.53. The van der Waals surface area contributed by atoms with Gasteiger partial charge in [-0.15, -0.1) is 0 Å². The number of pyridine rings is 1. The molecule has 2 aliphatic rings. The smallest absolute Gasteiger partial charge is 0.255 e. The summed E-state index contributed by atoms with van der Waals surface area (Å²) in [7, 11) is 0. The number of piperidine rings is 1. The molecule has 27 heavy (non-hydrogen) atoms. The van der Waals surface area contributed by atoms with Crippen LogP contribution in [0.2, 0.25) is 0 Å². The molecule has 2 fully saturated rings. The van der Waals surface area contributed by atoms with E-state index in [0.29, 0.717) is 11.5 Å². The molecule has 2 aromatic rings. The van der Waals surface area contributed by atoms with E-state index >= 15 is 0 Å². The molecule has 0 saturated carbocycles. The maximum absolute atomic E-state index is 12.8. The van der Waals surface area contributed by atoms with Crippen molar-refractivity contribution in [3.63, 3.8) is 0 Å². The van der Waals surface area contributed by atoms with E-state index in [9.17, 15) is 4.79 Å². The van der Waals surface area contributed by atoms with Gasteiger partial charge in [0.15, 0.2) is 5.82 Å². The van der Waals surface area contributed by atoms with Crippen molar-refractivity contribution in [3.05, 3.63) is 59.8 Å². The second-order valence-electron chi connectivity index (χ2n) is 7.45. The van der Waals surface area contributed by atoms with E-state index in [1.165, 1.54) is 12.0 Å². The minimum Gasteiger partial charge on any atom is -0.339 e. The molecule has 2 aliphatic heterocycles. The topological polar surface area (TPSA) is 45.7 Å². The molecule has 0 radical (unpaired) electrons. The molecule has 142 valence electrons. The Morgan fingerprint density at radius 3 is 2.56 bits per heavy atom. The molecule has 0 aliphatic carbocycles. The van der Waals surface area contributed by atoms with Crippen molar-refractivity contribution in [1.29, 1.82) is 0 Å². The highest BCUT2D eigenvalue weighted by atomic mass is 16.7. The van der Waals surface area contributed by atoms with Crippen LogP contribution in [0.25, 0.3) is 0 Å². The van der Waals surface area contributed by atoms with Crippen LogP contribution < -0.4 is 5.06 Å². The van der Waals surface area contributed by atoms with Crippen LogP contribution in [0, 0.1) is 5.92 Å². The number of amides is 1. The number of likely N-dealkylation sites (tertiary alicyclic amines) is 1. The van der Waals surface area contributed by atoms with Crippen molar-refractivity contribution >= 4 is 11.7 Å². The zero-order chi connectivity index (χ0) is 18.5. The van der Waals surface area contributed by atoms with Gasteiger partial charge in [-0.2, -0.15) is 0 Å². The van der Waals surface area contributed by atoms with E-state index in [1.54, 1.807) is 11.3 Å². The Bertz CT molecular complexity index is 734. The van der Waals surface area contributed by atoms with Gasteiger partial charge in [-0.1, -0.05) is 30.3 Å². The number of hydrogen-bond acceptors (Lipinski definition) is 4. The number of benzene rings is 1. The van der Waals surface area contributed by atoms with Gasteiger partial charge < -0.3 is 4.90 Å². The molecule has 0 bridgehead atoms. The third-order valence-corrected chi connectivity index (χ3v) is 5.59. The number of carbonyl (C=O) groups excluding carboxylic acids is 1. The summed E-state index contributed by atoms with van der Waals surface area (Å²) in [6.45, 7) is 3.28.